The predicted molar refractivity (Wildman–Crippen MR) is 127 cm³/mol. The maximum atomic E-state index is 12.8. The highest BCUT2D eigenvalue weighted by atomic mass is 127. The Bertz CT molecular complexity index is 903. The molecule has 0 aliphatic carbocycles. The van der Waals surface area contributed by atoms with Crippen LogP contribution in [0.2, 0.25) is 0 Å². The predicted octanol–water partition coefficient (Wildman–Crippen LogP) is 2.53. The lowest BCUT2D eigenvalue weighted by molar-refractivity contribution is 0.347. The number of guanidine groups is 1. The quantitative estimate of drug-likeness (QED) is 0.313. The van der Waals surface area contributed by atoms with Gasteiger partial charge in [-0.2, -0.15) is 9.40 Å². The largest absolute Gasteiger partial charge is 0.357 e. The molecule has 0 bridgehead atoms. The van der Waals surface area contributed by atoms with Crippen LogP contribution in [-0.4, -0.2) is 48.1 Å². The van der Waals surface area contributed by atoms with Crippen molar-refractivity contribution in [2.45, 2.75) is 43.5 Å². The van der Waals surface area contributed by atoms with Crippen molar-refractivity contribution in [1.29, 1.82) is 0 Å². The van der Waals surface area contributed by atoms with E-state index in [0.29, 0.717) is 36.3 Å². The topological polar surface area (TPSA) is 91.6 Å². The smallest absolute Gasteiger partial charge is 0.252 e. The van der Waals surface area contributed by atoms with Crippen LogP contribution in [0, 0.1) is 0 Å². The zero-order valence-corrected chi connectivity index (χ0v) is 20.8. The number of aliphatic imine (C=N–C) groups is 1. The van der Waals surface area contributed by atoms with Crippen LogP contribution < -0.4 is 10.6 Å². The standard InChI is InChI=1S/C18H28N6O2S2.HI/c1-3-19-18(20-13-15-9-10-22-23(15)2)21-14-16-7-8-17(27-16)28(25,26)24-11-5-4-6-12-24;/h7-10H,3-6,11-14H2,1-2H3,(H2,19,20,21);1H. The molecule has 0 unspecified atom stereocenters. The van der Waals surface area contributed by atoms with Crippen molar-refractivity contribution in [2.75, 3.05) is 19.6 Å². The molecule has 0 aromatic carbocycles. The number of hydrogen-bond donors (Lipinski definition) is 2. The van der Waals surface area contributed by atoms with Crippen LogP contribution in [0.1, 0.15) is 36.8 Å². The summed E-state index contributed by atoms with van der Waals surface area (Å²) >= 11 is 1.32. The van der Waals surface area contributed by atoms with Gasteiger partial charge in [-0.3, -0.25) is 4.68 Å². The molecule has 0 amide bonds. The van der Waals surface area contributed by atoms with Gasteiger partial charge in [0.25, 0.3) is 10.0 Å². The van der Waals surface area contributed by atoms with Crippen molar-refractivity contribution in [3.05, 3.63) is 35.0 Å². The zero-order valence-electron chi connectivity index (χ0n) is 16.8. The summed E-state index contributed by atoms with van der Waals surface area (Å²) in [5, 5.41) is 10.6. The molecule has 1 aliphatic rings. The Kier molecular flexibility index (Phi) is 9.37. The molecule has 0 radical (unpaired) electrons. The van der Waals surface area contributed by atoms with E-state index in [0.717, 1.165) is 36.4 Å². The molecule has 0 spiro atoms. The average molecular weight is 553 g/mol. The first-order valence-electron chi connectivity index (χ1n) is 9.58. The molecule has 29 heavy (non-hydrogen) atoms. The van der Waals surface area contributed by atoms with Crippen LogP contribution in [0.15, 0.2) is 33.6 Å². The molecule has 2 aromatic heterocycles. The highest BCUT2D eigenvalue weighted by Gasteiger charge is 2.27. The van der Waals surface area contributed by atoms with Gasteiger partial charge in [-0.15, -0.1) is 35.3 Å². The summed E-state index contributed by atoms with van der Waals surface area (Å²) in [6, 6.07) is 5.52. The van der Waals surface area contributed by atoms with Gasteiger partial charge >= 0.3 is 0 Å². The number of hydrogen-bond acceptors (Lipinski definition) is 5. The van der Waals surface area contributed by atoms with Crippen LogP contribution in [0.3, 0.4) is 0 Å². The van der Waals surface area contributed by atoms with Crippen molar-refractivity contribution in [3.8, 4) is 0 Å². The van der Waals surface area contributed by atoms with Gasteiger partial charge in [0.2, 0.25) is 0 Å². The van der Waals surface area contributed by atoms with E-state index >= 15 is 0 Å². The van der Waals surface area contributed by atoms with Gasteiger partial charge in [0.1, 0.15) is 4.21 Å². The van der Waals surface area contributed by atoms with Crippen LogP contribution >= 0.6 is 35.3 Å². The number of halogens is 1. The van der Waals surface area contributed by atoms with E-state index in [9.17, 15) is 8.42 Å². The molecule has 3 heterocycles. The van der Waals surface area contributed by atoms with Crippen molar-refractivity contribution in [2.24, 2.45) is 12.0 Å². The molecule has 2 N–H and O–H groups in total. The van der Waals surface area contributed by atoms with Gasteiger partial charge in [0.15, 0.2) is 5.96 Å². The number of aryl methyl sites for hydroxylation is 1. The molecule has 1 saturated heterocycles. The van der Waals surface area contributed by atoms with Gasteiger partial charge in [0, 0.05) is 37.8 Å². The fraction of sp³-hybridized carbons (Fsp3) is 0.556. The first-order chi connectivity index (χ1) is 13.5. The van der Waals surface area contributed by atoms with Gasteiger partial charge < -0.3 is 10.6 Å². The number of nitrogens with zero attached hydrogens (tertiary/aromatic N) is 4. The summed E-state index contributed by atoms with van der Waals surface area (Å²) < 4.78 is 29.4. The summed E-state index contributed by atoms with van der Waals surface area (Å²) in [4.78, 5) is 5.53. The molecule has 1 fully saturated rings. The normalized spacial score (nSPS) is 15.7. The second kappa shape index (κ2) is 11.3. The fourth-order valence-electron chi connectivity index (χ4n) is 3.05. The van der Waals surface area contributed by atoms with E-state index in [-0.39, 0.29) is 24.0 Å². The Hall–Kier alpha value is -1.18. The molecule has 2 aromatic rings. The van der Waals surface area contributed by atoms with E-state index in [2.05, 4.69) is 20.7 Å². The maximum Gasteiger partial charge on any atom is 0.252 e. The Morgan fingerprint density at radius 1 is 1.21 bits per heavy atom. The minimum Gasteiger partial charge on any atom is -0.357 e. The second-order valence-corrected chi connectivity index (χ2v) is 10.0. The third kappa shape index (κ3) is 6.40. The second-order valence-electron chi connectivity index (χ2n) is 6.68. The Morgan fingerprint density at radius 2 is 1.97 bits per heavy atom. The SMILES string of the molecule is CCNC(=NCc1ccnn1C)NCc1ccc(S(=O)(=O)N2CCCCC2)s1.I. The maximum absolute atomic E-state index is 12.8. The zero-order chi connectivity index (χ0) is 20.0. The molecule has 162 valence electrons. The van der Waals surface area contributed by atoms with Crippen LogP contribution in [0.4, 0.5) is 0 Å². The number of thiophene rings is 1. The van der Waals surface area contributed by atoms with E-state index < -0.39 is 10.0 Å². The van der Waals surface area contributed by atoms with Crippen LogP contribution in [0.25, 0.3) is 0 Å². The fourth-order valence-corrected chi connectivity index (χ4v) is 6.02. The van der Waals surface area contributed by atoms with E-state index in [1.165, 1.54) is 11.3 Å². The summed E-state index contributed by atoms with van der Waals surface area (Å²) in [5.41, 5.74) is 1.02. The van der Waals surface area contributed by atoms with Crippen molar-refractivity contribution in [3.63, 3.8) is 0 Å². The Balaban J connectivity index is 0.00000300. The molecule has 0 atom stereocenters. The Morgan fingerprint density at radius 3 is 2.62 bits per heavy atom. The van der Waals surface area contributed by atoms with Crippen LogP contribution in [-0.2, 0) is 30.2 Å². The molecule has 3 rings (SSSR count). The molecular formula is C18H29IN6O2S2. The minimum absolute atomic E-state index is 0. The first-order valence-corrected chi connectivity index (χ1v) is 11.8. The van der Waals surface area contributed by atoms with E-state index in [4.69, 9.17) is 0 Å². The van der Waals surface area contributed by atoms with Crippen molar-refractivity contribution in [1.82, 2.24) is 24.7 Å². The number of sulfonamides is 1. The highest BCUT2D eigenvalue weighted by molar-refractivity contribution is 14.0. The molecule has 11 heteroatoms. The number of nitrogens with one attached hydrogen (secondary N) is 2. The van der Waals surface area contributed by atoms with Gasteiger partial charge in [-0.25, -0.2) is 13.4 Å². The third-order valence-corrected chi connectivity index (χ3v) is 8.09. The monoisotopic (exact) mass is 552 g/mol. The summed E-state index contributed by atoms with van der Waals surface area (Å²) in [6.45, 7) is 5.05. The number of aromatic nitrogens is 2. The minimum atomic E-state index is -3.37. The van der Waals surface area contributed by atoms with Gasteiger partial charge in [-0.05, 0) is 38.0 Å². The first kappa shape index (κ1) is 24.1. The van der Waals surface area contributed by atoms with E-state index in [1.54, 1.807) is 21.3 Å². The Labute approximate surface area is 193 Å². The molecule has 0 saturated carbocycles. The van der Waals surface area contributed by atoms with Gasteiger partial charge in [0.05, 0.1) is 18.8 Å². The van der Waals surface area contributed by atoms with Crippen molar-refractivity contribution < 1.29 is 8.42 Å². The molecule has 8 nitrogen and oxygen atoms in total. The highest BCUT2D eigenvalue weighted by Crippen LogP contribution is 2.27. The average Bonchev–Trinajstić information content (AvgIpc) is 3.34. The third-order valence-electron chi connectivity index (χ3n) is 4.64. The summed E-state index contributed by atoms with van der Waals surface area (Å²) in [7, 11) is -1.48. The number of rotatable bonds is 7. The lowest BCUT2D eigenvalue weighted by Crippen LogP contribution is -2.36. The van der Waals surface area contributed by atoms with Crippen molar-refractivity contribution >= 4 is 51.3 Å². The van der Waals surface area contributed by atoms with Crippen LogP contribution in [0.5, 0.6) is 0 Å². The lowest BCUT2D eigenvalue weighted by atomic mass is 10.2. The molecule has 1 aliphatic heterocycles. The number of piperidine rings is 1. The summed E-state index contributed by atoms with van der Waals surface area (Å²) in [5.74, 6) is 0.692. The van der Waals surface area contributed by atoms with E-state index in [1.807, 2.05) is 26.1 Å². The lowest BCUT2D eigenvalue weighted by Gasteiger charge is -2.25. The van der Waals surface area contributed by atoms with Gasteiger partial charge in [-0.1, -0.05) is 6.42 Å². The molecular weight excluding hydrogens is 523 g/mol. The summed E-state index contributed by atoms with van der Waals surface area (Å²) in [6.07, 6.45) is 4.74.